The van der Waals surface area contributed by atoms with E-state index in [9.17, 15) is 18.7 Å². The molecule has 1 saturated carbocycles. The van der Waals surface area contributed by atoms with Crippen LogP contribution in [0.4, 0.5) is 8.78 Å². The molecule has 0 saturated heterocycles. The van der Waals surface area contributed by atoms with Crippen molar-refractivity contribution in [3.63, 3.8) is 0 Å². The minimum Gasteiger partial charge on any atom is -0.481 e. The standard InChI is InChI=1S/C16H21F2NO3/c1-10(22-13-5-6-14(17)15(18)8-13)16(21)19-9-11-3-2-4-12(20)7-11/h5-6,8,10-12,20H,2-4,7,9H2,1H3,(H,19,21). The number of carbonyl (C=O) groups is 1. The maximum absolute atomic E-state index is 13.1. The summed E-state index contributed by atoms with van der Waals surface area (Å²) in [5.74, 6) is -1.91. The quantitative estimate of drug-likeness (QED) is 0.877. The van der Waals surface area contributed by atoms with E-state index in [2.05, 4.69) is 5.32 Å². The summed E-state index contributed by atoms with van der Waals surface area (Å²) in [5, 5.41) is 12.4. The highest BCUT2D eigenvalue weighted by molar-refractivity contribution is 5.80. The molecule has 0 radical (unpaired) electrons. The van der Waals surface area contributed by atoms with Crippen molar-refractivity contribution >= 4 is 5.91 Å². The Morgan fingerprint density at radius 3 is 2.86 bits per heavy atom. The summed E-state index contributed by atoms with van der Waals surface area (Å²) < 4.78 is 31.2. The average molecular weight is 313 g/mol. The first-order valence-corrected chi connectivity index (χ1v) is 7.53. The summed E-state index contributed by atoms with van der Waals surface area (Å²) in [7, 11) is 0. The first kappa shape index (κ1) is 16.7. The maximum Gasteiger partial charge on any atom is 0.260 e. The van der Waals surface area contributed by atoms with Crippen molar-refractivity contribution in [3.8, 4) is 5.75 Å². The molecule has 0 bridgehead atoms. The highest BCUT2D eigenvalue weighted by Gasteiger charge is 2.22. The van der Waals surface area contributed by atoms with E-state index in [0.29, 0.717) is 13.0 Å². The molecule has 0 spiro atoms. The summed E-state index contributed by atoms with van der Waals surface area (Å²) >= 11 is 0. The second-order valence-corrected chi connectivity index (χ2v) is 5.77. The van der Waals surface area contributed by atoms with Gasteiger partial charge in [0.1, 0.15) is 5.75 Å². The topological polar surface area (TPSA) is 58.6 Å². The molecular formula is C16H21F2NO3. The molecule has 2 rings (SSSR count). The molecule has 0 aliphatic heterocycles. The third-order valence-corrected chi connectivity index (χ3v) is 3.89. The molecule has 1 fully saturated rings. The van der Waals surface area contributed by atoms with E-state index < -0.39 is 17.7 Å². The highest BCUT2D eigenvalue weighted by Crippen LogP contribution is 2.23. The Balaban J connectivity index is 1.80. The van der Waals surface area contributed by atoms with Crippen LogP contribution >= 0.6 is 0 Å². The predicted octanol–water partition coefficient (Wildman–Crippen LogP) is 2.40. The Kier molecular flexibility index (Phi) is 5.71. The number of nitrogens with one attached hydrogen (secondary N) is 1. The molecule has 1 aromatic carbocycles. The molecule has 4 nitrogen and oxygen atoms in total. The second kappa shape index (κ2) is 7.54. The van der Waals surface area contributed by atoms with Crippen molar-refractivity contribution in [2.75, 3.05) is 6.54 Å². The zero-order valence-electron chi connectivity index (χ0n) is 12.5. The molecule has 1 aromatic rings. The van der Waals surface area contributed by atoms with Gasteiger partial charge in [0.15, 0.2) is 17.7 Å². The van der Waals surface area contributed by atoms with Gasteiger partial charge in [0.2, 0.25) is 0 Å². The summed E-state index contributed by atoms with van der Waals surface area (Å²) in [6.45, 7) is 2.04. The van der Waals surface area contributed by atoms with Crippen molar-refractivity contribution in [3.05, 3.63) is 29.8 Å². The third kappa shape index (κ3) is 4.66. The average Bonchev–Trinajstić information content (AvgIpc) is 2.48. The van der Waals surface area contributed by atoms with Crippen molar-refractivity contribution < 1.29 is 23.4 Å². The smallest absolute Gasteiger partial charge is 0.260 e. The van der Waals surface area contributed by atoms with Gasteiger partial charge in [0, 0.05) is 12.6 Å². The van der Waals surface area contributed by atoms with E-state index in [1.165, 1.54) is 6.07 Å². The molecule has 1 aliphatic rings. The monoisotopic (exact) mass is 313 g/mol. The van der Waals surface area contributed by atoms with Gasteiger partial charge in [-0.3, -0.25) is 4.79 Å². The lowest BCUT2D eigenvalue weighted by Gasteiger charge is -2.26. The predicted molar refractivity (Wildman–Crippen MR) is 77.4 cm³/mol. The molecule has 1 amide bonds. The number of ether oxygens (including phenoxy) is 1. The first-order valence-electron chi connectivity index (χ1n) is 7.53. The van der Waals surface area contributed by atoms with Gasteiger partial charge < -0.3 is 15.2 Å². The van der Waals surface area contributed by atoms with Gasteiger partial charge in [-0.25, -0.2) is 8.78 Å². The summed E-state index contributed by atoms with van der Waals surface area (Å²) in [6, 6.07) is 3.15. The van der Waals surface area contributed by atoms with E-state index in [0.717, 1.165) is 31.4 Å². The Morgan fingerprint density at radius 1 is 1.41 bits per heavy atom. The third-order valence-electron chi connectivity index (χ3n) is 3.89. The minimum absolute atomic E-state index is 0.106. The number of benzene rings is 1. The lowest BCUT2D eigenvalue weighted by molar-refractivity contribution is -0.127. The molecular weight excluding hydrogens is 292 g/mol. The first-order chi connectivity index (χ1) is 10.5. The van der Waals surface area contributed by atoms with Crippen LogP contribution in [0.25, 0.3) is 0 Å². The van der Waals surface area contributed by atoms with Crippen LogP contribution in [0.5, 0.6) is 5.75 Å². The normalized spacial score (nSPS) is 22.9. The van der Waals surface area contributed by atoms with Gasteiger partial charge in [-0.2, -0.15) is 0 Å². The van der Waals surface area contributed by atoms with Crippen LogP contribution in [0, 0.1) is 17.6 Å². The molecule has 6 heteroatoms. The molecule has 0 heterocycles. The summed E-state index contributed by atoms with van der Waals surface area (Å²) in [5.41, 5.74) is 0. The number of aliphatic hydroxyl groups is 1. The van der Waals surface area contributed by atoms with Crippen molar-refractivity contribution in [2.24, 2.45) is 5.92 Å². The zero-order valence-corrected chi connectivity index (χ0v) is 12.5. The largest absolute Gasteiger partial charge is 0.481 e. The molecule has 0 aromatic heterocycles. The van der Waals surface area contributed by atoms with Gasteiger partial charge in [-0.05, 0) is 44.2 Å². The number of rotatable bonds is 5. The lowest BCUT2D eigenvalue weighted by atomic mass is 9.87. The van der Waals surface area contributed by atoms with E-state index in [-0.39, 0.29) is 23.7 Å². The highest BCUT2D eigenvalue weighted by atomic mass is 19.2. The van der Waals surface area contributed by atoms with Crippen LogP contribution < -0.4 is 10.1 Å². The number of aliphatic hydroxyl groups excluding tert-OH is 1. The molecule has 122 valence electrons. The lowest BCUT2D eigenvalue weighted by Crippen LogP contribution is -2.40. The second-order valence-electron chi connectivity index (χ2n) is 5.77. The number of hydrogen-bond acceptors (Lipinski definition) is 3. The SMILES string of the molecule is CC(Oc1ccc(F)c(F)c1)C(=O)NCC1CCCC(O)C1. The van der Waals surface area contributed by atoms with Crippen molar-refractivity contribution in [1.82, 2.24) is 5.32 Å². The number of carbonyl (C=O) groups excluding carboxylic acids is 1. The Labute approximate surface area is 128 Å². The van der Waals surface area contributed by atoms with Gasteiger partial charge in [0.05, 0.1) is 6.10 Å². The van der Waals surface area contributed by atoms with Crippen LogP contribution in [0.2, 0.25) is 0 Å². The van der Waals surface area contributed by atoms with Crippen molar-refractivity contribution in [2.45, 2.75) is 44.8 Å². The van der Waals surface area contributed by atoms with E-state index in [1.807, 2.05) is 0 Å². The van der Waals surface area contributed by atoms with E-state index in [4.69, 9.17) is 4.74 Å². The fourth-order valence-electron chi connectivity index (χ4n) is 2.64. The summed E-state index contributed by atoms with van der Waals surface area (Å²) in [4.78, 5) is 12.0. The molecule has 1 aliphatic carbocycles. The Morgan fingerprint density at radius 2 is 2.18 bits per heavy atom. The molecule has 3 unspecified atom stereocenters. The van der Waals surface area contributed by atoms with Gasteiger partial charge in [-0.1, -0.05) is 6.42 Å². The molecule has 3 atom stereocenters. The summed E-state index contributed by atoms with van der Waals surface area (Å²) in [6.07, 6.45) is 2.36. The van der Waals surface area contributed by atoms with Crippen LogP contribution in [0.3, 0.4) is 0 Å². The fourth-order valence-corrected chi connectivity index (χ4v) is 2.64. The van der Waals surface area contributed by atoms with Crippen LogP contribution in [0.15, 0.2) is 18.2 Å². The Bertz CT molecular complexity index is 524. The van der Waals surface area contributed by atoms with Gasteiger partial charge >= 0.3 is 0 Å². The molecule has 22 heavy (non-hydrogen) atoms. The minimum atomic E-state index is -1.01. The number of amides is 1. The van der Waals surface area contributed by atoms with Gasteiger partial charge in [-0.15, -0.1) is 0 Å². The zero-order chi connectivity index (χ0) is 16.1. The van der Waals surface area contributed by atoms with Crippen LogP contribution in [0.1, 0.15) is 32.6 Å². The van der Waals surface area contributed by atoms with E-state index >= 15 is 0 Å². The van der Waals surface area contributed by atoms with E-state index in [1.54, 1.807) is 6.92 Å². The maximum atomic E-state index is 13.1. The fraction of sp³-hybridized carbons (Fsp3) is 0.562. The number of halogens is 2. The van der Waals surface area contributed by atoms with Crippen LogP contribution in [-0.2, 0) is 4.79 Å². The Hall–Kier alpha value is -1.69. The van der Waals surface area contributed by atoms with Gasteiger partial charge in [0.25, 0.3) is 5.91 Å². The van der Waals surface area contributed by atoms with Crippen LogP contribution in [-0.4, -0.2) is 29.8 Å². The number of hydrogen-bond donors (Lipinski definition) is 2. The molecule has 2 N–H and O–H groups in total. The van der Waals surface area contributed by atoms with Crippen molar-refractivity contribution in [1.29, 1.82) is 0 Å².